The van der Waals surface area contributed by atoms with Gasteiger partial charge in [0, 0.05) is 24.8 Å². The lowest BCUT2D eigenvalue weighted by molar-refractivity contribution is 0.0667. The average molecular weight is 710 g/mol. The van der Waals surface area contributed by atoms with Crippen molar-refractivity contribution in [2.24, 2.45) is 4.74 Å². The van der Waals surface area contributed by atoms with Crippen LogP contribution in [0.5, 0.6) is 11.5 Å². The second-order valence-electron chi connectivity index (χ2n) is 9.96. The summed E-state index contributed by atoms with van der Waals surface area (Å²) in [4.78, 5) is 70.6. The number of nitrogens with zero attached hydrogens (tertiary/aromatic N) is 1. The van der Waals surface area contributed by atoms with E-state index in [0.29, 0.717) is 0 Å². The van der Waals surface area contributed by atoms with Gasteiger partial charge in [-0.3, -0.25) is 0 Å². The van der Waals surface area contributed by atoms with E-state index >= 15 is 0 Å². The molecule has 0 aliphatic carbocycles. The van der Waals surface area contributed by atoms with E-state index in [2.05, 4.69) is 4.74 Å². The van der Waals surface area contributed by atoms with Gasteiger partial charge in [-0.05, 0) is 59.7 Å². The molecule has 50 heavy (non-hydrogen) atoms. The summed E-state index contributed by atoms with van der Waals surface area (Å²) in [5, 5.41) is 57.4. The van der Waals surface area contributed by atoms with Gasteiger partial charge >= 0.3 is 43.3 Å². The Bertz CT molecular complexity index is 1860. The van der Waals surface area contributed by atoms with Gasteiger partial charge in [-0.15, -0.1) is 0 Å². The molecule has 262 valence electrons. The zero-order chi connectivity index (χ0) is 35.5. The second kappa shape index (κ2) is 15.6. The molecule has 0 bridgehead atoms. The predicted octanol–water partition coefficient (Wildman–Crippen LogP) is 7.23. The van der Waals surface area contributed by atoms with Crippen LogP contribution in [0.15, 0.2) is 77.5 Å². The molecule has 6 N–H and O–H groups in total. The Morgan fingerprint density at radius 2 is 0.760 bits per heavy atom. The third-order valence-corrected chi connectivity index (χ3v) is 8.72. The van der Waals surface area contributed by atoms with Crippen molar-refractivity contribution in [1.82, 2.24) is 0 Å². The first-order valence-corrected chi connectivity index (χ1v) is 15.4. The summed E-state index contributed by atoms with van der Waals surface area (Å²) < 4.78 is 16.2. The first kappa shape index (κ1) is 39.7. The SMILES string of the molecule is C.C.CN=P(C)(Oc1ccc(-c2c(C(=O)O)cc(C(=O)O)cc2C(=O)O)cc1)Oc1ccc(-c2c(C(=O)O)cc(C(=O)O)cc2C(=O)O)cc1. The maximum absolute atomic E-state index is 11.9. The molecule has 0 aromatic heterocycles. The Morgan fingerprint density at radius 1 is 0.500 bits per heavy atom. The quantitative estimate of drug-likeness (QED) is 0.0794. The molecule has 0 saturated heterocycles. The van der Waals surface area contributed by atoms with Crippen LogP contribution in [0.2, 0.25) is 0 Å². The lowest BCUT2D eigenvalue weighted by Crippen LogP contribution is -2.11. The Labute approximate surface area is 284 Å². The highest BCUT2D eigenvalue weighted by atomic mass is 31.2. The van der Waals surface area contributed by atoms with Crippen molar-refractivity contribution in [3.63, 3.8) is 0 Å². The van der Waals surface area contributed by atoms with E-state index in [4.69, 9.17) is 9.05 Å². The van der Waals surface area contributed by atoms with Gasteiger partial charge in [0.1, 0.15) is 11.5 Å². The number of hydrogen-bond donors (Lipinski definition) is 6. The number of benzene rings is 4. The summed E-state index contributed by atoms with van der Waals surface area (Å²) in [6, 6.07) is 14.6. The third kappa shape index (κ3) is 8.32. The largest absolute Gasteiger partial charge is 0.478 e. The molecule has 0 unspecified atom stereocenters. The zero-order valence-electron chi connectivity index (χ0n) is 24.8. The molecule has 0 amide bonds. The van der Waals surface area contributed by atoms with E-state index in [0.717, 1.165) is 24.3 Å². The van der Waals surface area contributed by atoms with Crippen molar-refractivity contribution in [3.05, 3.63) is 106 Å². The highest BCUT2D eigenvalue weighted by Crippen LogP contribution is 2.48. The molecule has 4 aromatic rings. The van der Waals surface area contributed by atoms with E-state index < -0.39 is 76.7 Å². The summed E-state index contributed by atoms with van der Waals surface area (Å²) >= 11 is 0. The van der Waals surface area contributed by atoms with Gasteiger partial charge in [0.05, 0.1) is 33.4 Å². The molecular weight excluding hydrogens is 677 g/mol. The van der Waals surface area contributed by atoms with Gasteiger partial charge in [-0.25, -0.2) is 33.5 Å². The van der Waals surface area contributed by atoms with Crippen LogP contribution in [0.1, 0.15) is 77.0 Å². The van der Waals surface area contributed by atoms with Crippen LogP contribution in [0.4, 0.5) is 0 Å². The maximum Gasteiger partial charge on any atom is 0.336 e. The fourth-order valence-corrected chi connectivity index (χ4v) is 5.91. The van der Waals surface area contributed by atoms with Crippen molar-refractivity contribution in [3.8, 4) is 33.8 Å². The van der Waals surface area contributed by atoms with Gasteiger partial charge < -0.3 is 39.7 Å². The van der Waals surface area contributed by atoms with Gasteiger partial charge in [-0.2, -0.15) is 0 Å². The number of aromatic carboxylic acids is 6. The Hall–Kier alpha value is -6.47. The normalized spacial score (nSPS) is 10.4. The van der Waals surface area contributed by atoms with E-state index in [1.807, 2.05) is 0 Å². The first-order chi connectivity index (χ1) is 22.5. The minimum atomic E-state index is -3.09. The predicted molar refractivity (Wildman–Crippen MR) is 181 cm³/mol. The van der Waals surface area contributed by atoms with E-state index in [9.17, 15) is 59.4 Å². The average Bonchev–Trinajstić information content (AvgIpc) is 3.04. The third-order valence-electron chi connectivity index (χ3n) is 6.89. The van der Waals surface area contributed by atoms with Gasteiger partial charge in [0.2, 0.25) is 0 Å². The molecule has 0 saturated carbocycles. The van der Waals surface area contributed by atoms with Gasteiger partial charge in [-0.1, -0.05) is 39.1 Å². The van der Waals surface area contributed by atoms with Crippen LogP contribution in [-0.4, -0.2) is 80.2 Å². The summed E-state index contributed by atoms with van der Waals surface area (Å²) in [6.07, 6.45) is 0. The van der Waals surface area contributed by atoms with Crippen LogP contribution in [0.25, 0.3) is 22.3 Å². The molecule has 16 heteroatoms. The van der Waals surface area contributed by atoms with Crippen LogP contribution >= 0.6 is 7.51 Å². The number of carboxylic acid groups (broad SMARTS) is 6. The molecule has 15 nitrogen and oxygen atoms in total. The summed E-state index contributed by atoms with van der Waals surface area (Å²) in [5.41, 5.74) is -3.27. The summed E-state index contributed by atoms with van der Waals surface area (Å²) in [6.45, 7) is 1.56. The molecule has 0 fully saturated rings. The van der Waals surface area contributed by atoms with Crippen molar-refractivity contribution in [2.45, 2.75) is 14.9 Å². The number of carboxylic acids is 6. The summed E-state index contributed by atoms with van der Waals surface area (Å²) in [7, 11) is -1.65. The maximum atomic E-state index is 11.9. The van der Waals surface area contributed by atoms with Crippen molar-refractivity contribution >= 4 is 43.3 Å². The zero-order valence-corrected chi connectivity index (χ0v) is 25.7. The Morgan fingerprint density at radius 3 is 0.960 bits per heavy atom. The van der Waals surface area contributed by atoms with E-state index in [-0.39, 0.29) is 48.6 Å². The number of hydrogen-bond acceptors (Lipinski definition) is 9. The van der Waals surface area contributed by atoms with Crippen LogP contribution in [0, 0.1) is 0 Å². The minimum absolute atomic E-state index is 0. The molecule has 4 rings (SSSR count). The minimum Gasteiger partial charge on any atom is -0.478 e. The lowest BCUT2D eigenvalue weighted by atomic mass is 9.92. The van der Waals surface area contributed by atoms with E-state index in [1.54, 1.807) is 6.66 Å². The lowest BCUT2D eigenvalue weighted by Gasteiger charge is -2.22. The molecule has 0 atom stereocenters. The second-order valence-corrected chi connectivity index (χ2v) is 12.3. The fourth-order valence-electron chi connectivity index (χ4n) is 4.68. The highest BCUT2D eigenvalue weighted by molar-refractivity contribution is 7.56. The van der Waals surface area contributed by atoms with Crippen molar-refractivity contribution in [1.29, 1.82) is 0 Å². The number of rotatable bonds is 12. The standard InChI is InChI=1S/C32H24NO14P.2CH4/c1-33-48(2,46-19-7-3-15(4-8-19)25-21(29(38)39)11-17(27(34)35)12-22(25)30(40)41)47-20-9-5-16(6-10-20)26-23(31(42)43)13-18(28(36)37)14-24(26)32(44)45;;/h3-14H,1-2H3,(H,34,35)(H,36,37)(H,38,39)(H,40,41)(H,42,43)(H,44,45);2*1H4. The molecule has 4 aromatic carbocycles. The van der Waals surface area contributed by atoms with Gasteiger partial charge in [0.15, 0.2) is 0 Å². The Kier molecular flexibility index (Phi) is 12.4. The molecule has 0 aliphatic rings. The van der Waals surface area contributed by atoms with Crippen LogP contribution in [-0.2, 0) is 0 Å². The molecule has 0 radical (unpaired) electrons. The molecule has 0 spiro atoms. The smallest absolute Gasteiger partial charge is 0.336 e. The van der Waals surface area contributed by atoms with Gasteiger partial charge in [0.25, 0.3) is 0 Å². The van der Waals surface area contributed by atoms with Crippen molar-refractivity contribution in [2.75, 3.05) is 13.7 Å². The number of carbonyl (C=O) groups is 6. The topological polar surface area (TPSA) is 255 Å². The van der Waals surface area contributed by atoms with Crippen LogP contribution in [0.3, 0.4) is 0 Å². The molecular formula is C34H32NO14P. The summed E-state index contributed by atoms with van der Waals surface area (Å²) in [5.74, 6) is -8.74. The first-order valence-electron chi connectivity index (χ1n) is 13.4. The molecule has 0 aliphatic heterocycles. The van der Waals surface area contributed by atoms with E-state index in [1.165, 1.54) is 55.6 Å². The fraction of sp³-hybridized carbons (Fsp3) is 0.118. The Balaban J connectivity index is 0.00000433. The van der Waals surface area contributed by atoms with Crippen molar-refractivity contribution < 1.29 is 68.5 Å². The van der Waals surface area contributed by atoms with Crippen LogP contribution < -0.4 is 9.05 Å². The monoisotopic (exact) mass is 709 g/mol. The molecule has 0 heterocycles. The highest BCUT2D eigenvalue weighted by Gasteiger charge is 2.26.